The molecule has 0 amide bonds. The van der Waals surface area contributed by atoms with E-state index in [1.165, 1.54) is 12.1 Å². The summed E-state index contributed by atoms with van der Waals surface area (Å²) in [4.78, 5) is 10.7. The third kappa shape index (κ3) is 4.24. The number of rotatable bonds is 5. The Hall–Kier alpha value is -1.48. The molecule has 1 aromatic carbocycles. The first-order valence-electron chi connectivity index (χ1n) is 6.30. The van der Waals surface area contributed by atoms with Crippen LogP contribution in [-0.2, 0) is 28.6 Å². The second-order valence-electron chi connectivity index (χ2n) is 4.67. The molecule has 0 aromatic heterocycles. The molecule has 8 heteroatoms. The van der Waals surface area contributed by atoms with Crippen molar-refractivity contribution in [1.82, 2.24) is 0 Å². The molecular formula is C13H16O7S. The quantitative estimate of drug-likeness (QED) is 0.793. The van der Waals surface area contributed by atoms with Gasteiger partial charge in [-0.25, -0.2) is 4.79 Å². The van der Waals surface area contributed by atoms with E-state index in [-0.39, 0.29) is 24.7 Å². The first-order chi connectivity index (χ1) is 9.88. The van der Waals surface area contributed by atoms with Crippen LogP contribution in [0.15, 0.2) is 29.2 Å². The van der Waals surface area contributed by atoms with Crippen molar-refractivity contribution in [2.24, 2.45) is 0 Å². The number of hydrogen-bond donors (Lipinski definition) is 1. The van der Waals surface area contributed by atoms with Crippen LogP contribution in [0, 0.1) is 6.92 Å². The lowest BCUT2D eigenvalue weighted by molar-refractivity contribution is -0.178. The maximum absolute atomic E-state index is 11.9. The van der Waals surface area contributed by atoms with Crippen molar-refractivity contribution in [3.05, 3.63) is 29.8 Å². The Morgan fingerprint density at radius 3 is 2.48 bits per heavy atom. The van der Waals surface area contributed by atoms with E-state index >= 15 is 0 Å². The van der Waals surface area contributed by atoms with Crippen LogP contribution in [0.1, 0.15) is 5.56 Å². The third-order valence-electron chi connectivity index (χ3n) is 2.96. The maximum Gasteiger partial charge on any atom is 0.335 e. The molecule has 1 aromatic rings. The molecule has 116 valence electrons. The lowest BCUT2D eigenvalue weighted by atomic mass is 10.2. The van der Waals surface area contributed by atoms with Crippen molar-refractivity contribution in [2.45, 2.75) is 24.0 Å². The average molecular weight is 316 g/mol. The number of aryl methyl sites for hydroxylation is 1. The van der Waals surface area contributed by atoms with Crippen LogP contribution < -0.4 is 0 Å². The Morgan fingerprint density at radius 2 is 1.95 bits per heavy atom. The van der Waals surface area contributed by atoms with Crippen molar-refractivity contribution in [3.8, 4) is 0 Å². The minimum atomic E-state index is -3.86. The zero-order valence-electron chi connectivity index (χ0n) is 11.4. The van der Waals surface area contributed by atoms with Gasteiger partial charge in [0.1, 0.15) is 6.10 Å². The van der Waals surface area contributed by atoms with E-state index in [2.05, 4.69) is 0 Å². The summed E-state index contributed by atoms with van der Waals surface area (Å²) < 4.78 is 39.0. The van der Waals surface area contributed by atoms with Gasteiger partial charge in [-0.1, -0.05) is 17.7 Å². The second kappa shape index (κ2) is 6.52. The van der Waals surface area contributed by atoms with Gasteiger partial charge in [-0.05, 0) is 19.1 Å². The van der Waals surface area contributed by atoms with Crippen LogP contribution in [0.3, 0.4) is 0 Å². The van der Waals surface area contributed by atoms with Crippen molar-refractivity contribution in [3.63, 3.8) is 0 Å². The van der Waals surface area contributed by atoms with Gasteiger partial charge in [0.25, 0.3) is 10.1 Å². The van der Waals surface area contributed by atoms with Gasteiger partial charge in [-0.3, -0.25) is 4.18 Å². The number of ether oxygens (including phenoxy) is 2. The van der Waals surface area contributed by atoms with E-state index < -0.39 is 28.3 Å². The summed E-state index contributed by atoms with van der Waals surface area (Å²) in [6.07, 6.45) is -1.63. The fourth-order valence-corrected chi connectivity index (χ4v) is 2.66. The molecule has 0 spiro atoms. The van der Waals surface area contributed by atoms with Gasteiger partial charge >= 0.3 is 5.97 Å². The molecular weight excluding hydrogens is 300 g/mol. The topological polar surface area (TPSA) is 99.1 Å². The molecule has 0 saturated carbocycles. The number of hydrogen-bond acceptors (Lipinski definition) is 6. The number of carbonyl (C=O) groups is 1. The Kier molecular flexibility index (Phi) is 4.94. The van der Waals surface area contributed by atoms with Crippen molar-refractivity contribution in [2.75, 3.05) is 19.8 Å². The van der Waals surface area contributed by atoms with E-state index in [1.807, 2.05) is 6.92 Å². The van der Waals surface area contributed by atoms with Crippen molar-refractivity contribution in [1.29, 1.82) is 0 Å². The molecule has 21 heavy (non-hydrogen) atoms. The zero-order chi connectivity index (χ0) is 15.5. The van der Waals surface area contributed by atoms with Crippen molar-refractivity contribution < 1.29 is 32.0 Å². The minimum Gasteiger partial charge on any atom is -0.479 e. The Labute approximate surface area is 122 Å². The summed E-state index contributed by atoms with van der Waals surface area (Å²) in [7, 11) is -3.86. The number of aliphatic carboxylic acids is 1. The first kappa shape index (κ1) is 15.9. The molecule has 2 atom stereocenters. The normalized spacial score (nSPS) is 22.9. The van der Waals surface area contributed by atoms with Crippen LogP contribution in [-0.4, -0.2) is 51.5 Å². The van der Waals surface area contributed by atoms with Crippen LogP contribution in [0.2, 0.25) is 0 Å². The summed E-state index contributed by atoms with van der Waals surface area (Å²) in [5, 5.41) is 8.72. The fraction of sp³-hybridized carbons (Fsp3) is 0.462. The standard InChI is InChI=1S/C13H16O7S/c1-9-2-4-11(5-3-9)21(16,17)20-7-10-6-19-12(8-18-10)13(14)15/h2-5,10,12H,6-8H2,1H3,(H,14,15). The highest BCUT2D eigenvalue weighted by Crippen LogP contribution is 2.15. The second-order valence-corrected chi connectivity index (χ2v) is 6.28. The van der Waals surface area contributed by atoms with Gasteiger partial charge in [0.05, 0.1) is 24.7 Å². The van der Waals surface area contributed by atoms with Gasteiger partial charge in [-0.2, -0.15) is 8.42 Å². The Balaban J connectivity index is 1.88. The summed E-state index contributed by atoms with van der Waals surface area (Å²) in [5.41, 5.74) is 0.942. The van der Waals surface area contributed by atoms with Gasteiger partial charge < -0.3 is 14.6 Å². The molecule has 0 aliphatic carbocycles. The number of benzene rings is 1. The van der Waals surface area contributed by atoms with Gasteiger partial charge in [0.2, 0.25) is 0 Å². The van der Waals surface area contributed by atoms with Crippen LogP contribution >= 0.6 is 0 Å². The monoisotopic (exact) mass is 316 g/mol. The summed E-state index contributed by atoms with van der Waals surface area (Å²) in [6.45, 7) is 1.47. The Morgan fingerprint density at radius 1 is 1.29 bits per heavy atom. The molecule has 7 nitrogen and oxygen atoms in total. The smallest absolute Gasteiger partial charge is 0.335 e. The zero-order valence-corrected chi connectivity index (χ0v) is 12.2. The highest BCUT2D eigenvalue weighted by Gasteiger charge is 2.28. The number of carboxylic acid groups (broad SMARTS) is 1. The van der Waals surface area contributed by atoms with E-state index in [1.54, 1.807) is 12.1 Å². The van der Waals surface area contributed by atoms with E-state index in [4.69, 9.17) is 18.8 Å². The van der Waals surface area contributed by atoms with E-state index in [0.29, 0.717) is 0 Å². The van der Waals surface area contributed by atoms with Gasteiger partial charge in [0, 0.05) is 0 Å². The minimum absolute atomic E-state index is 0.0274. The molecule has 1 saturated heterocycles. The van der Waals surface area contributed by atoms with Crippen molar-refractivity contribution >= 4 is 16.1 Å². The SMILES string of the molecule is Cc1ccc(S(=O)(=O)OCC2COC(C(=O)O)CO2)cc1. The van der Waals surface area contributed by atoms with E-state index in [0.717, 1.165) is 5.56 Å². The third-order valence-corrected chi connectivity index (χ3v) is 4.26. The summed E-state index contributed by atoms with van der Waals surface area (Å²) in [6, 6.07) is 6.27. The molecule has 0 radical (unpaired) electrons. The lowest BCUT2D eigenvalue weighted by Crippen LogP contribution is -2.42. The maximum atomic E-state index is 11.9. The molecule has 1 aliphatic heterocycles. The average Bonchev–Trinajstić information content (AvgIpc) is 2.46. The highest BCUT2D eigenvalue weighted by molar-refractivity contribution is 7.86. The van der Waals surface area contributed by atoms with E-state index in [9.17, 15) is 13.2 Å². The molecule has 1 aliphatic rings. The fourth-order valence-electron chi connectivity index (χ4n) is 1.72. The predicted octanol–water partition coefficient (Wildman–Crippen LogP) is 0.569. The largest absolute Gasteiger partial charge is 0.479 e. The molecule has 2 rings (SSSR count). The van der Waals surface area contributed by atoms with Gasteiger partial charge in [-0.15, -0.1) is 0 Å². The van der Waals surface area contributed by atoms with Crippen LogP contribution in [0.25, 0.3) is 0 Å². The van der Waals surface area contributed by atoms with Gasteiger partial charge in [0.15, 0.2) is 6.10 Å². The molecule has 1 fully saturated rings. The predicted molar refractivity (Wildman–Crippen MR) is 71.4 cm³/mol. The van der Waals surface area contributed by atoms with Crippen LogP contribution in [0.4, 0.5) is 0 Å². The molecule has 1 heterocycles. The number of carboxylic acids is 1. The molecule has 0 bridgehead atoms. The summed E-state index contributed by atoms with van der Waals surface area (Å²) >= 11 is 0. The highest BCUT2D eigenvalue weighted by atomic mass is 32.2. The Bertz CT molecular complexity index is 585. The lowest BCUT2D eigenvalue weighted by Gasteiger charge is -2.26. The molecule has 2 unspecified atom stereocenters. The molecule has 1 N–H and O–H groups in total. The first-order valence-corrected chi connectivity index (χ1v) is 7.71. The van der Waals surface area contributed by atoms with Crippen LogP contribution in [0.5, 0.6) is 0 Å². The summed E-state index contributed by atoms with van der Waals surface area (Å²) in [5.74, 6) is -1.11.